The highest BCUT2D eigenvalue weighted by atomic mass is 16.5. The molecule has 7 nitrogen and oxygen atoms in total. The van der Waals surface area contributed by atoms with Crippen molar-refractivity contribution in [1.29, 1.82) is 0 Å². The number of amidine groups is 1. The van der Waals surface area contributed by atoms with Crippen molar-refractivity contribution in [3.8, 4) is 11.5 Å². The number of hydrogen-bond acceptors (Lipinski definition) is 5. The van der Waals surface area contributed by atoms with Crippen molar-refractivity contribution in [1.82, 2.24) is 5.32 Å². The normalized spacial score (nSPS) is 14.6. The first kappa shape index (κ1) is 17.5. The molecule has 7 heteroatoms. The Balaban J connectivity index is 2.98. The predicted molar refractivity (Wildman–Crippen MR) is 84.0 cm³/mol. The van der Waals surface area contributed by atoms with Crippen molar-refractivity contribution in [2.75, 3.05) is 7.05 Å². The van der Waals surface area contributed by atoms with E-state index in [1.807, 2.05) is 0 Å². The standard InChI is InChI=1S/C15H21N3O4/c1-9(19)10(2)22-13-7-11(6-12(20)8-13)15(21)18-14(16)4-5-17-3/h4-10,17,19-20H,1-3H3,(H2,16,18,21)/b5-4-. The largest absolute Gasteiger partial charge is 0.508 e. The maximum atomic E-state index is 12.0. The predicted octanol–water partition coefficient (Wildman–Crippen LogP) is 0.771. The second-order valence-electron chi connectivity index (χ2n) is 4.74. The quantitative estimate of drug-likeness (QED) is 0.455. The third kappa shape index (κ3) is 5.45. The van der Waals surface area contributed by atoms with Crippen LogP contribution < -0.4 is 15.8 Å². The van der Waals surface area contributed by atoms with E-state index in [1.54, 1.807) is 20.9 Å². The third-order valence-corrected chi connectivity index (χ3v) is 2.79. The third-order valence-electron chi connectivity index (χ3n) is 2.79. The van der Waals surface area contributed by atoms with Crippen molar-refractivity contribution in [3.05, 3.63) is 36.0 Å². The zero-order valence-corrected chi connectivity index (χ0v) is 12.8. The number of aromatic hydroxyl groups is 1. The molecule has 2 unspecified atom stereocenters. The molecule has 0 fully saturated rings. The average Bonchev–Trinajstić information content (AvgIpc) is 2.44. The minimum Gasteiger partial charge on any atom is -0.508 e. The lowest BCUT2D eigenvalue weighted by molar-refractivity contribution is 0.0602. The average molecular weight is 307 g/mol. The van der Waals surface area contributed by atoms with Gasteiger partial charge in [-0.3, -0.25) is 4.79 Å². The fraction of sp³-hybridized carbons (Fsp3) is 0.333. The fourth-order valence-electron chi connectivity index (χ4n) is 1.48. The highest BCUT2D eigenvalue weighted by molar-refractivity contribution is 6.06. The number of rotatable bonds is 6. The number of phenolic OH excluding ortho intramolecular Hbond substituents is 1. The summed E-state index contributed by atoms with van der Waals surface area (Å²) in [6.07, 6.45) is 1.79. The van der Waals surface area contributed by atoms with Gasteiger partial charge in [0.25, 0.3) is 5.91 Å². The van der Waals surface area contributed by atoms with E-state index in [-0.39, 0.29) is 22.9 Å². The van der Waals surface area contributed by atoms with Crippen LogP contribution in [0.3, 0.4) is 0 Å². The molecule has 2 atom stereocenters. The molecule has 0 radical (unpaired) electrons. The molecule has 0 bridgehead atoms. The van der Waals surface area contributed by atoms with Crippen LogP contribution in [0.1, 0.15) is 24.2 Å². The van der Waals surface area contributed by atoms with Gasteiger partial charge in [-0.05, 0) is 38.3 Å². The molecule has 0 spiro atoms. The highest BCUT2D eigenvalue weighted by Gasteiger charge is 2.13. The van der Waals surface area contributed by atoms with E-state index in [0.717, 1.165) is 0 Å². The molecule has 5 N–H and O–H groups in total. The van der Waals surface area contributed by atoms with Crippen LogP contribution >= 0.6 is 0 Å². The van der Waals surface area contributed by atoms with Crippen molar-refractivity contribution < 1.29 is 19.7 Å². The van der Waals surface area contributed by atoms with Crippen molar-refractivity contribution in [3.63, 3.8) is 0 Å². The molecule has 0 heterocycles. The minimum absolute atomic E-state index is 0.0301. The smallest absolute Gasteiger partial charge is 0.279 e. The number of amides is 1. The van der Waals surface area contributed by atoms with Gasteiger partial charge in [-0.15, -0.1) is 0 Å². The topological polar surface area (TPSA) is 117 Å². The van der Waals surface area contributed by atoms with Crippen LogP contribution in [0.5, 0.6) is 11.5 Å². The molecule has 1 amide bonds. The Morgan fingerprint density at radius 3 is 2.68 bits per heavy atom. The summed E-state index contributed by atoms with van der Waals surface area (Å²) in [6, 6.07) is 4.05. The number of aliphatic imine (C=N–C) groups is 1. The summed E-state index contributed by atoms with van der Waals surface area (Å²) in [6.45, 7) is 3.26. The highest BCUT2D eigenvalue weighted by Crippen LogP contribution is 2.23. The first-order valence-corrected chi connectivity index (χ1v) is 6.74. The molecule has 0 aliphatic carbocycles. The van der Waals surface area contributed by atoms with Crippen LogP contribution in [0.15, 0.2) is 35.5 Å². The Kier molecular flexibility index (Phi) is 6.40. The van der Waals surface area contributed by atoms with Gasteiger partial charge in [0.15, 0.2) is 0 Å². The summed E-state index contributed by atoms with van der Waals surface area (Å²) in [5, 5.41) is 21.8. The maximum absolute atomic E-state index is 12.0. The number of aliphatic hydroxyl groups is 1. The van der Waals surface area contributed by atoms with Gasteiger partial charge in [-0.2, -0.15) is 4.99 Å². The fourth-order valence-corrected chi connectivity index (χ4v) is 1.48. The second kappa shape index (κ2) is 8.04. The van der Waals surface area contributed by atoms with Gasteiger partial charge in [0.05, 0.1) is 6.10 Å². The zero-order chi connectivity index (χ0) is 16.7. The number of nitrogens with zero attached hydrogens (tertiary/aromatic N) is 1. The van der Waals surface area contributed by atoms with Crippen LogP contribution in [0.25, 0.3) is 0 Å². The van der Waals surface area contributed by atoms with Crippen LogP contribution in [-0.2, 0) is 0 Å². The van der Waals surface area contributed by atoms with Gasteiger partial charge < -0.3 is 26.0 Å². The second-order valence-corrected chi connectivity index (χ2v) is 4.74. The van der Waals surface area contributed by atoms with Crippen LogP contribution in [0.4, 0.5) is 0 Å². The number of nitrogens with two attached hydrogens (primary N) is 1. The van der Waals surface area contributed by atoms with E-state index >= 15 is 0 Å². The molecule has 22 heavy (non-hydrogen) atoms. The van der Waals surface area contributed by atoms with Gasteiger partial charge in [-0.1, -0.05) is 0 Å². The van der Waals surface area contributed by atoms with Crippen LogP contribution in [-0.4, -0.2) is 41.2 Å². The first-order chi connectivity index (χ1) is 10.3. The number of benzene rings is 1. The number of carbonyl (C=O) groups excluding carboxylic acids is 1. The molecular weight excluding hydrogens is 286 g/mol. The number of carbonyl (C=O) groups is 1. The lowest BCUT2D eigenvalue weighted by atomic mass is 10.2. The van der Waals surface area contributed by atoms with Gasteiger partial charge >= 0.3 is 0 Å². The van der Waals surface area contributed by atoms with Crippen LogP contribution in [0.2, 0.25) is 0 Å². The molecule has 120 valence electrons. The Morgan fingerprint density at radius 2 is 2.09 bits per heavy atom. The number of aliphatic hydroxyl groups excluding tert-OH is 1. The molecule has 1 aromatic carbocycles. The molecule has 0 aliphatic heterocycles. The monoisotopic (exact) mass is 307 g/mol. The van der Waals surface area contributed by atoms with E-state index < -0.39 is 18.1 Å². The number of ether oxygens (including phenoxy) is 1. The maximum Gasteiger partial charge on any atom is 0.279 e. The molecule has 1 aromatic rings. The lowest BCUT2D eigenvalue weighted by Crippen LogP contribution is -2.25. The molecule has 0 saturated heterocycles. The van der Waals surface area contributed by atoms with Crippen LogP contribution in [0, 0.1) is 0 Å². The molecule has 0 aliphatic rings. The molecular formula is C15H21N3O4. The number of hydrogen-bond donors (Lipinski definition) is 4. The Labute approximate surface area is 129 Å². The first-order valence-electron chi connectivity index (χ1n) is 6.74. The molecule has 0 saturated carbocycles. The minimum atomic E-state index is -0.693. The van der Waals surface area contributed by atoms with E-state index in [2.05, 4.69) is 10.3 Å². The summed E-state index contributed by atoms with van der Waals surface area (Å²) in [5.74, 6) is -0.458. The SMILES string of the molecule is CN/C=C\C(N)=NC(=O)c1cc(O)cc(OC(C)C(C)O)c1. The summed E-state index contributed by atoms with van der Waals surface area (Å²) in [5.41, 5.74) is 5.70. The summed E-state index contributed by atoms with van der Waals surface area (Å²) in [7, 11) is 1.69. The summed E-state index contributed by atoms with van der Waals surface area (Å²) >= 11 is 0. The Morgan fingerprint density at radius 1 is 1.41 bits per heavy atom. The van der Waals surface area contributed by atoms with E-state index in [0.29, 0.717) is 0 Å². The van der Waals surface area contributed by atoms with E-state index in [4.69, 9.17) is 10.5 Å². The molecule has 1 rings (SSSR count). The van der Waals surface area contributed by atoms with E-state index in [1.165, 1.54) is 30.5 Å². The van der Waals surface area contributed by atoms with Gasteiger partial charge in [0.1, 0.15) is 23.4 Å². The zero-order valence-electron chi connectivity index (χ0n) is 12.8. The Bertz CT molecular complexity index is 582. The van der Waals surface area contributed by atoms with Crippen molar-refractivity contribution in [2.24, 2.45) is 10.7 Å². The van der Waals surface area contributed by atoms with Gasteiger partial charge in [0, 0.05) is 18.7 Å². The Hall–Kier alpha value is -2.54. The van der Waals surface area contributed by atoms with Gasteiger partial charge in [0.2, 0.25) is 0 Å². The van der Waals surface area contributed by atoms with Gasteiger partial charge in [-0.25, -0.2) is 0 Å². The number of nitrogens with one attached hydrogen (secondary N) is 1. The van der Waals surface area contributed by atoms with Crippen molar-refractivity contribution >= 4 is 11.7 Å². The van der Waals surface area contributed by atoms with E-state index in [9.17, 15) is 15.0 Å². The molecule has 0 aromatic heterocycles. The summed E-state index contributed by atoms with van der Waals surface area (Å²) in [4.78, 5) is 15.7. The van der Waals surface area contributed by atoms with Crippen molar-refractivity contribution in [2.45, 2.75) is 26.1 Å². The summed E-state index contributed by atoms with van der Waals surface area (Å²) < 4.78 is 5.45. The lowest BCUT2D eigenvalue weighted by Gasteiger charge is -2.17. The number of phenols is 1.